The van der Waals surface area contributed by atoms with Gasteiger partial charge in [-0.3, -0.25) is 9.80 Å². The molecule has 4 heteroatoms. The lowest BCUT2D eigenvalue weighted by atomic mass is 9.92. The molecule has 1 aliphatic heterocycles. The summed E-state index contributed by atoms with van der Waals surface area (Å²) >= 11 is 0. The number of hydrogen-bond acceptors (Lipinski definition) is 3. The Kier molecular flexibility index (Phi) is 3.03. The van der Waals surface area contributed by atoms with Crippen LogP contribution in [0, 0.1) is 0 Å². The minimum atomic E-state index is 0.169. The van der Waals surface area contributed by atoms with Crippen molar-refractivity contribution in [2.24, 2.45) is 0 Å². The van der Waals surface area contributed by atoms with E-state index in [1.54, 1.807) is 0 Å². The predicted molar refractivity (Wildman–Crippen MR) is 52.4 cm³/mol. The van der Waals surface area contributed by atoms with Crippen molar-refractivity contribution in [1.82, 2.24) is 10.0 Å². The summed E-state index contributed by atoms with van der Waals surface area (Å²) in [7, 11) is 0. The molecule has 1 saturated carbocycles. The van der Waals surface area contributed by atoms with Gasteiger partial charge in [-0.2, -0.15) is 0 Å². The van der Waals surface area contributed by atoms with Gasteiger partial charge in [0.15, 0.2) is 0 Å². The van der Waals surface area contributed by atoms with E-state index in [9.17, 15) is 4.79 Å². The van der Waals surface area contributed by atoms with Gasteiger partial charge >= 0.3 is 0 Å². The summed E-state index contributed by atoms with van der Waals surface area (Å²) in [5.41, 5.74) is 0. The molecular formula is C10H18N2O2. The van der Waals surface area contributed by atoms with E-state index >= 15 is 0 Å². The first-order chi connectivity index (χ1) is 6.83. The van der Waals surface area contributed by atoms with Crippen LogP contribution >= 0.6 is 0 Å². The third-order valence-electron chi connectivity index (χ3n) is 3.18. The van der Waals surface area contributed by atoms with Crippen molar-refractivity contribution in [2.45, 2.75) is 38.1 Å². The molecule has 0 aromatic rings. The second kappa shape index (κ2) is 4.28. The number of rotatable bonds is 4. The molecular weight excluding hydrogens is 180 g/mol. The average Bonchev–Trinajstić information content (AvgIpc) is 2.42. The van der Waals surface area contributed by atoms with E-state index in [4.69, 9.17) is 5.11 Å². The van der Waals surface area contributed by atoms with Gasteiger partial charge in [0.25, 0.3) is 0 Å². The molecule has 1 heterocycles. The monoisotopic (exact) mass is 198 g/mol. The van der Waals surface area contributed by atoms with Crippen LogP contribution in [0.5, 0.6) is 0 Å². The zero-order valence-corrected chi connectivity index (χ0v) is 8.48. The minimum absolute atomic E-state index is 0.169. The quantitative estimate of drug-likeness (QED) is 0.710. The van der Waals surface area contributed by atoms with Crippen LogP contribution < -0.4 is 0 Å². The summed E-state index contributed by atoms with van der Waals surface area (Å²) in [6.07, 6.45) is 5.09. The molecule has 14 heavy (non-hydrogen) atoms. The molecule has 2 rings (SSSR count). The maximum Gasteiger partial charge on any atom is 0.238 e. The van der Waals surface area contributed by atoms with Crippen molar-refractivity contribution in [3.05, 3.63) is 0 Å². The first-order valence-corrected chi connectivity index (χ1v) is 5.50. The van der Waals surface area contributed by atoms with E-state index in [-0.39, 0.29) is 12.5 Å². The van der Waals surface area contributed by atoms with Gasteiger partial charge in [0, 0.05) is 32.2 Å². The average molecular weight is 198 g/mol. The van der Waals surface area contributed by atoms with Crippen LogP contribution in [0.4, 0.5) is 0 Å². The maximum absolute atomic E-state index is 11.5. The Morgan fingerprint density at radius 2 is 2.21 bits per heavy atom. The number of hydrazine groups is 1. The molecule has 1 aliphatic carbocycles. The first kappa shape index (κ1) is 9.93. The zero-order chi connectivity index (χ0) is 9.97. The largest absolute Gasteiger partial charge is 0.396 e. The van der Waals surface area contributed by atoms with Crippen LogP contribution in [0.25, 0.3) is 0 Å². The topological polar surface area (TPSA) is 43.8 Å². The third kappa shape index (κ3) is 1.77. The maximum atomic E-state index is 11.5. The summed E-state index contributed by atoms with van der Waals surface area (Å²) in [4.78, 5) is 11.5. The van der Waals surface area contributed by atoms with E-state index in [2.05, 4.69) is 5.01 Å². The Bertz CT molecular complexity index is 216. The molecule has 0 unspecified atom stereocenters. The summed E-state index contributed by atoms with van der Waals surface area (Å²) in [6.45, 7) is 1.74. The number of hydrogen-bond donors (Lipinski definition) is 1. The van der Waals surface area contributed by atoms with Gasteiger partial charge in [-0.1, -0.05) is 6.42 Å². The molecule has 0 bridgehead atoms. The second-order valence-corrected chi connectivity index (χ2v) is 4.09. The van der Waals surface area contributed by atoms with E-state index < -0.39 is 0 Å². The van der Waals surface area contributed by atoms with Crippen molar-refractivity contribution < 1.29 is 9.90 Å². The Labute approximate surface area is 84.5 Å². The SMILES string of the molecule is O=C1CCN(C2CCC2)N1CCCO. The van der Waals surface area contributed by atoms with E-state index in [0.29, 0.717) is 25.4 Å². The van der Waals surface area contributed by atoms with Gasteiger partial charge in [-0.15, -0.1) is 0 Å². The number of amides is 1. The van der Waals surface area contributed by atoms with Gasteiger partial charge in [-0.25, -0.2) is 5.01 Å². The molecule has 2 fully saturated rings. The van der Waals surface area contributed by atoms with Crippen molar-refractivity contribution in [2.75, 3.05) is 19.7 Å². The molecule has 0 radical (unpaired) electrons. The van der Waals surface area contributed by atoms with Crippen molar-refractivity contribution in [3.63, 3.8) is 0 Å². The Morgan fingerprint density at radius 3 is 2.79 bits per heavy atom. The van der Waals surface area contributed by atoms with Crippen molar-refractivity contribution in [3.8, 4) is 0 Å². The van der Waals surface area contributed by atoms with E-state index in [0.717, 1.165) is 6.54 Å². The molecule has 80 valence electrons. The lowest BCUT2D eigenvalue weighted by Crippen LogP contribution is -2.48. The number of nitrogens with zero attached hydrogens (tertiary/aromatic N) is 2. The Morgan fingerprint density at radius 1 is 1.43 bits per heavy atom. The fourth-order valence-electron chi connectivity index (χ4n) is 2.14. The van der Waals surface area contributed by atoms with Gasteiger partial charge < -0.3 is 5.11 Å². The highest BCUT2D eigenvalue weighted by molar-refractivity contribution is 5.77. The van der Waals surface area contributed by atoms with Crippen LogP contribution in [0.1, 0.15) is 32.1 Å². The van der Waals surface area contributed by atoms with Crippen LogP contribution in [-0.4, -0.2) is 46.8 Å². The van der Waals surface area contributed by atoms with Crippen molar-refractivity contribution in [1.29, 1.82) is 0 Å². The summed E-state index contributed by atoms with van der Waals surface area (Å²) < 4.78 is 0. The summed E-state index contributed by atoms with van der Waals surface area (Å²) in [6, 6.07) is 0.597. The standard InChI is InChI=1S/C10H18N2O2/c13-8-2-6-12-10(14)5-7-11(12)9-3-1-4-9/h9,13H,1-8H2. The molecule has 4 nitrogen and oxygen atoms in total. The van der Waals surface area contributed by atoms with Crippen LogP contribution in [-0.2, 0) is 4.79 Å². The fourth-order valence-corrected chi connectivity index (χ4v) is 2.14. The molecule has 0 aromatic carbocycles. The van der Waals surface area contributed by atoms with Crippen LogP contribution in [0.2, 0.25) is 0 Å². The van der Waals surface area contributed by atoms with E-state index in [1.807, 2.05) is 5.01 Å². The Balaban J connectivity index is 1.90. The number of aliphatic hydroxyl groups excluding tert-OH is 1. The first-order valence-electron chi connectivity index (χ1n) is 5.50. The van der Waals surface area contributed by atoms with Crippen molar-refractivity contribution >= 4 is 5.91 Å². The minimum Gasteiger partial charge on any atom is -0.396 e. The smallest absolute Gasteiger partial charge is 0.238 e. The van der Waals surface area contributed by atoms with Gasteiger partial charge in [0.2, 0.25) is 5.91 Å². The molecule has 2 aliphatic rings. The van der Waals surface area contributed by atoms with E-state index in [1.165, 1.54) is 19.3 Å². The second-order valence-electron chi connectivity index (χ2n) is 4.09. The highest BCUT2D eigenvalue weighted by Gasteiger charge is 2.35. The van der Waals surface area contributed by atoms with Gasteiger partial charge in [0.1, 0.15) is 0 Å². The molecule has 0 atom stereocenters. The normalized spacial score (nSPS) is 24.4. The van der Waals surface area contributed by atoms with Crippen LogP contribution in [0.15, 0.2) is 0 Å². The Hall–Kier alpha value is -0.610. The summed E-state index contributed by atoms with van der Waals surface area (Å²) in [5.74, 6) is 0.227. The fraction of sp³-hybridized carbons (Fsp3) is 0.900. The van der Waals surface area contributed by atoms with Gasteiger partial charge in [-0.05, 0) is 19.3 Å². The number of aliphatic hydroxyl groups is 1. The summed E-state index contributed by atoms with van der Waals surface area (Å²) in [5, 5.41) is 12.8. The van der Waals surface area contributed by atoms with Gasteiger partial charge in [0.05, 0.1) is 0 Å². The molecule has 1 saturated heterocycles. The van der Waals surface area contributed by atoms with Crippen LogP contribution in [0.3, 0.4) is 0 Å². The zero-order valence-electron chi connectivity index (χ0n) is 8.48. The lowest BCUT2D eigenvalue weighted by molar-refractivity contribution is -0.143. The third-order valence-corrected chi connectivity index (χ3v) is 3.18. The number of carbonyl (C=O) groups excluding carboxylic acids is 1. The number of carbonyl (C=O) groups is 1. The molecule has 0 spiro atoms. The lowest BCUT2D eigenvalue weighted by Gasteiger charge is -2.39. The predicted octanol–water partition coefficient (Wildman–Crippen LogP) is 0.371. The highest BCUT2D eigenvalue weighted by atomic mass is 16.3. The molecule has 1 amide bonds. The molecule has 1 N–H and O–H groups in total. The highest BCUT2D eigenvalue weighted by Crippen LogP contribution is 2.29. The molecule has 0 aromatic heterocycles.